The van der Waals surface area contributed by atoms with Gasteiger partial charge < -0.3 is 10.0 Å². The zero-order valence-electron chi connectivity index (χ0n) is 16.9. The van der Waals surface area contributed by atoms with E-state index in [4.69, 9.17) is 0 Å². The van der Waals surface area contributed by atoms with Crippen LogP contribution in [0.4, 0.5) is 30.7 Å². The summed E-state index contributed by atoms with van der Waals surface area (Å²) in [6.07, 6.45) is -6.85. The molecule has 3 heterocycles. The van der Waals surface area contributed by atoms with Crippen LogP contribution in [0.2, 0.25) is 0 Å². The topological polar surface area (TPSA) is 67.5 Å². The van der Waals surface area contributed by atoms with E-state index in [9.17, 15) is 45.4 Å². The van der Waals surface area contributed by atoms with Gasteiger partial charge in [-0.15, -0.1) is 0 Å². The molecular weight excluding hydrogens is 475 g/mol. The zero-order chi connectivity index (χ0) is 24.8. The van der Waals surface area contributed by atoms with Crippen LogP contribution in [0.15, 0.2) is 47.3 Å². The van der Waals surface area contributed by atoms with E-state index < -0.39 is 54.1 Å². The van der Waals surface area contributed by atoms with Gasteiger partial charge in [0, 0.05) is 11.9 Å². The van der Waals surface area contributed by atoms with Crippen LogP contribution in [0, 0.1) is 0 Å². The first-order valence-electron chi connectivity index (χ1n) is 9.96. The number of carbonyl (C=O) groups excluding carboxylic acids is 1. The van der Waals surface area contributed by atoms with Gasteiger partial charge in [-0.05, 0) is 17.9 Å². The van der Waals surface area contributed by atoms with E-state index in [-0.39, 0.29) is 22.7 Å². The molecule has 180 valence electrons. The summed E-state index contributed by atoms with van der Waals surface area (Å²) in [6.45, 7) is -0.682. The molecule has 0 radical (unpaired) electrons. The number of fused-ring (bicyclic) bond motifs is 6. The highest BCUT2D eigenvalue weighted by Gasteiger charge is 2.77. The van der Waals surface area contributed by atoms with Gasteiger partial charge >= 0.3 is 29.6 Å². The molecule has 0 spiro atoms. The Morgan fingerprint density at radius 2 is 1.62 bits per heavy atom. The summed E-state index contributed by atoms with van der Waals surface area (Å²) < 4.78 is 94.6. The minimum Gasteiger partial charge on any atom is -0.493 e. The van der Waals surface area contributed by atoms with Crippen LogP contribution in [0.1, 0.15) is 24.2 Å². The van der Waals surface area contributed by atoms with Crippen molar-refractivity contribution < 1.29 is 40.6 Å². The molecule has 2 unspecified atom stereocenters. The van der Waals surface area contributed by atoms with E-state index in [0.29, 0.717) is 10.8 Å². The maximum atomic E-state index is 14.1. The molecule has 6 nitrogen and oxygen atoms in total. The van der Waals surface area contributed by atoms with E-state index >= 15 is 0 Å². The summed E-state index contributed by atoms with van der Waals surface area (Å²) in [4.78, 5) is 25.5. The Morgan fingerprint density at radius 1 is 0.971 bits per heavy atom. The van der Waals surface area contributed by atoms with Gasteiger partial charge in [0.15, 0.2) is 0 Å². The quantitative estimate of drug-likeness (QED) is 0.562. The van der Waals surface area contributed by atoms with Crippen LogP contribution < -0.4 is 5.69 Å². The van der Waals surface area contributed by atoms with Crippen molar-refractivity contribution in [3.05, 3.63) is 58.6 Å². The number of carbonyl (C=O) groups is 1. The third kappa shape index (κ3) is 2.69. The third-order valence-electron chi connectivity index (χ3n) is 6.34. The number of hydrogen-bond acceptors (Lipinski definition) is 3. The Morgan fingerprint density at radius 3 is 2.29 bits per heavy atom. The predicted octanol–water partition coefficient (Wildman–Crippen LogP) is 4.16. The summed E-state index contributed by atoms with van der Waals surface area (Å²) in [7, 11) is 0. The number of rotatable bonds is 3. The molecule has 1 saturated heterocycles. The Balaban J connectivity index is 1.59. The highest BCUT2D eigenvalue weighted by atomic mass is 19.4. The maximum absolute atomic E-state index is 14.1. The van der Waals surface area contributed by atoms with Crippen LogP contribution in [0.25, 0.3) is 16.5 Å². The van der Waals surface area contributed by atoms with Crippen molar-refractivity contribution >= 4 is 16.7 Å². The van der Waals surface area contributed by atoms with Gasteiger partial charge in [0.25, 0.3) is 0 Å². The van der Waals surface area contributed by atoms with Crippen LogP contribution in [0.5, 0.6) is 5.88 Å². The maximum Gasteiger partial charge on any atom is 0.460 e. The third-order valence-corrected chi connectivity index (χ3v) is 6.34. The number of likely N-dealkylation sites (tertiary alicyclic amines) is 1. The van der Waals surface area contributed by atoms with Crippen molar-refractivity contribution in [2.75, 3.05) is 6.54 Å². The molecule has 5 rings (SSSR count). The van der Waals surface area contributed by atoms with Gasteiger partial charge in [0.05, 0.1) is 17.8 Å². The monoisotopic (exact) mass is 489 g/mol. The van der Waals surface area contributed by atoms with Gasteiger partial charge in [-0.25, -0.2) is 9.36 Å². The van der Waals surface area contributed by atoms with Crippen LogP contribution in [0.3, 0.4) is 0 Å². The first-order chi connectivity index (χ1) is 15.8. The van der Waals surface area contributed by atoms with E-state index in [1.54, 1.807) is 36.4 Å². The molecule has 2 atom stereocenters. The van der Waals surface area contributed by atoms with Gasteiger partial charge in [0.1, 0.15) is 5.69 Å². The number of aromatic nitrogens is 2. The molecule has 2 bridgehead atoms. The molecule has 2 aliphatic heterocycles. The highest BCUT2D eigenvalue weighted by Crippen LogP contribution is 2.53. The summed E-state index contributed by atoms with van der Waals surface area (Å²) in [5.74, 6) is -16.1. The molecule has 1 N–H and O–H groups in total. The number of halogens is 7. The lowest BCUT2D eigenvalue weighted by molar-refractivity contribution is -0.346. The molecule has 1 fully saturated rings. The molecule has 3 aromatic rings. The fourth-order valence-corrected chi connectivity index (χ4v) is 4.78. The van der Waals surface area contributed by atoms with Crippen LogP contribution in [-0.2, 0) is 4.79 Å². The number of aromatic hydroxyl groups is 1. The second-order valence-corrected chi connectivity index (χ2v) is 8.20. The fourth-order valence-electron chi connectivity index (χ4n) is 4.78. The fraction of sp³-hybridized carbons (Fsp3) is 0.333. The molecular formula is C21H14F7N3O3. The summed E-state index contributed by atoms with van der Waals surface area (Å²) in [6, 6.07) is 9.27. The molecule has 0 aliphatic carbocycles. The summed E-state index contributed by atoms with van der Waals surface area (Å²) >= 11 is 0. The van der Waals surface area contributed by atoms with E-state index in [1.807, 2.05) is 0 Å². The number of alkyl halides is 7. The lowest BCUT2D eigenvalue weighted by Crippen LogP contribution is -2.60. The van der Waals surface area contributed by atoms with E-state index in [0.717, 1.165) is 9.13 Å². The standard InChI is InChI=1S/C21H14F7N3O3/c22-19(23,20(24,25)21(26,27)28)17(33)29-9-11-8-14(29)15-16(32)31(18(34)30(11)15)13-7-3-5-10-4-1-2-6-12(10)13/h1-7,11,14,32H,8-9H2. The van der Waals surface area contributed by atoms with Crippen molar-refractivity contribution in [1.82, 2.24) is 14.0 Å². The molecule has 1 aromatic heterocycles. The minimum atomic E-state index is -6.66. The average molecular weight is 489 g/mol. The van der Waals surface area contributed by atoms with E-state index in [1.165, 1.54) is 6.07 Å². The second kappa shape index (κ2) is 6.76. The number of amides is 1. The van der Waals surface area contributed by atoms with Crippen molar-refractivity contribution in [2.45, 2.75) is 36.5 Å². The Kier molecular flexibility index (Phi) is 4.43. The van der Waals surface area contributed by atoms with E-state index in [2.05, 4.69) is 0 Å². The normalized spacial score (nSPS) is 20.3. The molecule has 1 amide bonds. The van der Waals surface area contributed by atoms with Crippen molar-refractivity contribution in [2.24, 2.45) is 0 Å². The Hall–Kier alpha value is -3.51. The average Bonchev–Trinajstić information content (AvgIpc) is 3.43. The van der Waals surface area contributed by atoms with Crippen LogP contribution in [-0.4, -0.2) is 49.6 Å². The SMILES string of the molecule is O=C(N1CC2CC1c1c(O)n(-c3cccc4ccccc34)c(=O)n12)C(F)(F)C(F)(F)C(F)(F)F. The van der Waals surface area contributed by atoms with Crippen molar-refractivity contribution in [3.63, 3.8) is 0 Å². The number of hydrogen-bond donors (Lipinski definition) is 1. The first kappa shape index (κ1) is 22.3. The lowest BCUT2D eigenvalue weighted by atomic mass is 10.1. The van der Waals surface area contributed by atoms with Crippen molar-refractivity contribution in [3.8, 4) is 11.6 Å². The molecule has 13 heteroatoms. The van der Waals surface area contributed by atoms with Gasteiger partial charge in [-0.2, -0.15) is 30.7 Å². The molecule has 2 aliphatic rings. The molecule has 2 aromatic carbocycles. The predicted molar refractivity (Wildman–Crippen MR) is 103 cm³/mol. The number of nitrogens with zero attached hydrogens (tertiary/aromatic N) is 3. The minimum absolute atomic E-state index is 0.173. The second-order valence-electron chi connectivity index (χ2n) is 8.20. The Bertz CT molecular complexity index is 1390. The molecule has 0 saturated carbocycles. The zero-order valence-corrected chi connectivity index (χ0v) is 16.9. The van der Waals surface area contributed by atoms with Crippen LogP contribution >= 0.6 is 0 Å². The van der Waals surface area contributed by atoms with Gasteiger partial charge in [-0.3, -0.25) is 9.36 Å². The Labute approximate surface area is 185 Å². The molecule has 34 heavy (non-hydrogen) atoms. The summed E-state index contributed by atoms with van der Waals surface area (Å²) in [5.41, 5.74) is -0.807. The van der Waals surface area contributed by atoms with Gasteiger partial charge in [-0.1, -0.05) is 36.4 Å². The summed E-state index contributed by atoms with van der Waals surface area (Å²) in [5, 5.41) is 12.1. The van der Waals surface area contributed by atoms with Gasteiger partial charge in [0.2, 0.25) is 5.88 Å². The lowest BCUT2D eigenvalue weighted by Gasteiger charge is -2.34. The highest BCUT2D eigenvalue weighted by molar-refractivity contribution is 5.90. The number of benzene rings is 2. The largest absolute Gasteiger partial charge is 0.493 e. The van der Waals surface area contributed by atoms with Crippen molar-refractivity contribution in [1.29, 1.82) is 0 Å². The number of imidazole rings is 1. The smallest absolute Gasteiger partial charge is 0.460 e. The first-order valence-corrected chi connectivity index (χ1v) is 9.96.